The third kappa shape index (κ3) is 3.23. The molecule has 1 N–H and O–H groups in total. The summed E-state index contributed by atoms with van der Waals surface area (Å²) in [5.74, 6) is 3.99. The molecule has 2 aliphatic rings. The van der Waals surface area contributed by atoms with Crippen molar-refractivity contribution >= 4 is 11.8 Å². The Morgan fingerprint density at radius 3 is 2.65 bits per heavy atom. The van der Waals surface area contributed by atoms with Crippen molar-refractivity contribution in [2.75, 3.05) is 19.8 Å². The highest BCUT2D eigenvalue weighted by atomic mass is 32.2. The first-order valence-corrected chi connectivity index (χ1v) is 9.15. The quantitative estimate of drug-likeness (QED) is 0.873. The average Bonchev–Trinajstić information content (AvgIpc) is 2.93. The van der Waals surface area contributed by atoms with Crippen molar-refractivity contribution in [3.63, 3.8) is 0 Å². The number of furan rings is 1. The Labute approximate surface area is 126 Å². The predicted molar refractivity (Wildman–Crippen MR) is 84.9 cm³/mol. The number of thioether (sulfide) groups is 1. The molecule has 0 aliphatic carbocycles. The molecule has 1 aromatic rings. The predicted octanol–water partition coefficient (Wildman–Crippen LogP) is 3.11. The first kappa shape index (κ1) is 14.5. The van der Waals surface area contributed by atoms with Gasteiger partial charge >= 0.3 is 0 Å². The normalized spacial score (nSPS) is 30.0. The first-order chi connectivity index (χ1) is 9.76. The molecule has 1 aromatic heterocycles. The second-order valence-corrected chi connectivity index (χ2v) is 7.19. The van der Waals surface area contributed by atoms with Crippen LogP contribution in [0.1, 0.15) is 37.2 Å². The van der Waals surface area contributed by atoms with Gasteiger partial charge < -0.3 is 14.6 Å². The van der Waals surface area contributed by atoms with Crippen molar-refractivity contribution in [3.05, 3.63) is 23.7 Å². The molecule has 20 heavy (non-hydrogen) atoms. The minimum Gasteiger partial charge on any atom is -0.464 e. The van der Waals surface area contributed by atoms with Crippen LogP contribution in [0.15, 0.2) is 16.5 Å². The van der Waals surface area contributed by atoms with Crippen LogP contribution in [0.5, 0.6) is 0 Å². The van der Waals surface area contributed by atoms with Gasteiger partial charge in [0.2, 0.25) is 0 Å². The largest absolute Gasteiger partial charge is 0.464 e. The molecule has 0 radical (unpaired) electrons. The van der Waals surface area contributed by atoms with E-state index in [2.05, 4.69) is 35.7 Å². The SMILES string of the molecule is CSCc1ccc(CNCC2CC3CCC(C2)N3C)o1. The van der Waals surface area contributed by atoms with Gasteiger partial charge in [-0.1, -0.05) is 0 Å². The Morgan fingerprint density at radius 2 is 1.95 bits per heavy atom. The Balaban J connectivity index is 1.41. The molecule has 112 valence electrons. The fraction of sp³-hybridized carbons (Fsp3) is 0.750. The van der Waals surface area contributed by atoms with Gasteiger partial charge in [0, 0.05) is 12.1 Å². The molecule has 0 saturated carbocycles. The van der Waals surface area contributed by atoms with Gasteiger partial charge in [0.25, 0.3) is 0 Å². The summed E-state index contributed by atoms with van der Waals surface area (Å²) in [6.07, 6.45) is 7.67. The van der Waals surface area contributed by atoms with Crippen LogP contribution in [0.25, 0.3) is 0 Å². The summed E-state index contributed by atoms with van der Waals surface area (Å²) in [5, 5.41) is 3.59. The lowest BCUT2D eigenvalue weighted by Crippen LogP contribution is -2.42. The van der Waals surface area contributed by atoms with Gasteiger partial charge in [-0.05, 0) is 63.6 Å². The molecule has 0 amide bonds. The summed E-state index contributed by atoms with van der Waals surface area (Å²) in [6, 6.07) is 5.90. The number of rotatable bonds is 6. The second kappa shape index (κ2) is 6.54. The lowest BCUT2D eigenvalue weighted by atomic mass is 9.91. The number of fused-ring (bicyclic) bond motifs is 2. The number of nitrogens with zero attached hydrogens (tertiary/aromatic N) is 1. The van der Waals surface area contributed by atoms with Crippen LogP contribution in [0.3, 0.4) is 0 Å². The fourth-order valence-electron chi connectivity index (χ4n) is 3.83. The molecule has 0 aromatic carbocycles. The summed E-state index contributed by atoms with van der Waals surface area (Å²) in [5.41, 5.74) is 0. The second-order valence-electron chi connectivity index (χ2n) is 6.32. The number of nitrogens with one attached hydrogen (secondary N) is 1. The summed E-state index contributed by atoms with van der Waals surface area (Å²) in [7, 11) is 2.31. The van der Waals surface area contributed by atoms with Crippen molar-refractivity contribution in [2.45, 2.75) is 50.1 Å². The maximum Gasteiger partial charge on any atom is 0.117 e. The number of hydrogen-bond donors (Lipinski definition) is 1. The van der Waals surface area contributed by atoms with Gasteiger partial charge in [0.15, 0.2) is 0 Å². The summed E-state index contributed by atoms with van der Waals surface area (Å²) in [4.78, 5) is 2.61. The zero-order chi connectivity index (χ0) is 13.9. The Bertz CT molecular complexity index is 420. The average molecular weight is 294 g/mol. The standard InChI is InChI=1S/C16H26N2OS/c1-18-13-3-4-14(18)8-12(7-13)9-17-10-15-5-6-16(19-15)11-20-2/h5-6,12-14,17H,3-4,7-11H2,1-2H3. The maximum absolute atomic E-state index is 5.79. The van der Waals surface area contributed by atoms with E-state index in [9.17, 15) is 0 Å². The van der Waals surface area contributed by atoms with E-state index in [4.69, 9.17) is 4.42 Å². The molecule has 2 fully saturated rings. The van der Waals surface area contributed by atoms with Gasteiger partial charge in [-0.25, -0.2) is 0 Å². The summed E-state index contributed by atoms with van der Waals surface area (Å²) < 4.78 is 5.79. The number of piperidine rings is 1. The van der Waals surface area contributed by atoms with Gasteiger partial charge in [0.05, 0.1) is 12.3 Å². The highest BCUT2D eigenvalue weighted by Gasteiger charge is 2.37. The Morgan fingerprint density at radius 1 is 1.25 bits per heavy atom. The van der Waals surface area contributed by atoms with Crippen LogP contribution in [0.4, 0.5) is 0 Å². The lowest BCUT2D eigenvalue weighted by Gasteiger charge is -2.36. The third-order valence-electron chi connectivity index (χ3n) is 4.93. The molecule has 2 atom stereocenters. The van der Waals surface area contributed by atoms with Crippen LogP contribution < -0.4 is 5.32 Å². The van der Waals surface area contributed by atoms with E-state index in [0.29, 0.717) is 0 Å². The third-order valence-corrected chi connectivity index (χ3v) is 5.51. The Kier molecular flexibility index (Phi) is 4.74. The molecule has 2 saturated heterocycles. The summed E-state index contributed by atoms with van der Waals surface area (Å²) in [6.45, 7) is 2.01. The highest BCUT2D eigenvalue weighted by Crippen LogP contribution is 2.37. The van der Waals surface area contributed by atoms with E-state index >= 15 is 0 Å². The van der Waals surface area contributed by atoms with Crippen LogP contribution in [-0.4, -0.2) is 36.8 Å². The molecule has 4 heteroatoms. The van der Waals surface area contributed by atoms with Gasteiger partial charge in [-0.2, -0.15) is 11.8 Å². The highest BCUT2D eigenvalue weighted by molar-refractivity contribution is 7.97. The van der Waals surface area contributed by atoms with E-state index in [0.717, 1.165) is 48.4 Å². The smallest absolute Gasteiger partial charge is 0.117 e. The molecule has 3 rings (SSSR count). The minimum absolute atomic E-state index is 0.845. The molecule has 2 unspecified atom stereocenters. The van der Waals surface area contributed by atoms with Crippen molar-refractivity contribution in [2.24, 2.45) is 5.92 Å². The van der Waals surface area contributed by atoms with Gasteiger partial charge in [0.1, 0.15) is 11.5 Å². The molecule has 2 aliphatic heterocycles. The fourth-order valence-corrected chi connectivity index (χ4v) is 4.27. The topological polar surface area (TPSA) is 28.4 Å². The van der Waals surface area contributed by atoms with Gasteiger partial charge in [-0.3, -0.25) is 0 Å². The van der Waals surface area contributed by atoms with Crippen molar-refractivity contribution in [1.82, 2.24) is 10.2 Å². The molecular weight excluding hydrogens is 268 g/mol. The van der Waals surface area contributed by atoms with E-state index in [1.54, 1.807) is 11.8 Å². The zero-order valence-electron chi connectivity index (χ0n) is 12.6. The van der Waals surface area contributed by atoms with E-state index in [-0.39, 0.29) is 0 Å². The molecule has 2 bridgehead atoms. The lowest BCUT2D eigenvalue weighted by molar-refractivity contribution is 0.132. The van der Waals surface area contributed by atoms with E-state index < -0.39 is 0 Å². The van der Waals surface area contributed by atoms with Crippen LogP contribution in [0.2, 0.25) is 0 Å². The minimum atomic E-state index is 0.845. The van der Waals surface area contributed by atoms with Crippen LogP contribution >= 0.6 is 11.8 Å². The van der Waals surface area contributed by atoms with Crippen molar-refractivity contribution in [1.29, 1.82) is 0 Å². The monoisotopic (exact) mass is 294 g/mol. The zero-order valence-corrected chi connectivity index (χ0v) is 13.4. The van der Waals surface area contributed by atoms with E-state index in [1.165, 1.54) is 25.7 Å². The van der Waals surface area contributed by atoms with Gasteiger partial charge in [-0.15, -0.1) is 0 Å². The number of hydrogen-bond acceptors (Lipinski definition) is 4. The summed E-state index contributed by atoms with van der Waals surface area (Å²) >= 11 is 1.80. The van der Waals surface area contributed by atoms with Crippen molar-refractivity contribution in [3.8, 4) is 0 Å². The molecule has 3 nitrogen and oxygen atoms in total. The molecular formula is C16H26N2OS. The van der Waals surface area contributed by atoms with Crippen molar-refractivity contribution < 1.29 is 4.42 Å². The van der Waals surface area contributed by atoms with Crippen LogP contribution in [-0.2, 0) is 12.3 Å². The molecule has 0 spiro atoms. The molecule has 3 heterocycles. The first-order valence-electron chi connectivity index (χ1n) is 7.75. The van der Waals surface area contributed by atoms with E-state index in [1.807, 2.05) is 0 Å². The van der Waals surface area contributed by atoms with Crippen LogP contribution in [0, 0.1) is 5.92 Å². The Hall–Kier alpha value is -0.450. The maximum atomic E-state index is 5.79.